The minimum Gasteiger partial charge on any atom is -0.335 e. The molecule has 1 aromatic heterocycles. The van der Waals surface area contributed by atoms with Crippen molar-refractivity contribution >= 4 is 16.8 Å². The summed E-state index contributed by atoms with van der Waals surface area (Å²) in [5, 5.41) is 0.987. The van der Waals surface area contributed by atoms with Crippen molar-refractivity contribution in [2.75, 3.05) is 6.54 Å². The average molecular weight is 308 g/mol. The maximum atomic E-state index is 13.3. The Bertz CT molecular complexity index is 737. The van der Waals surface area contributed by atoms with Gasteiger partial charge in [-0.3, -0.25) is 9.78 Å². The molecule has 0 N–H and O–H groups in total. The van der Waals surface area contributed by atoms with Crippen LogP contribution in [0.15, 0.2) is 30.3 Å². The summed E-state index contributed by atoms with van der Waals surface area (Å²) in [6, 6.07) is 10.4. The fraction of sp³-hybridized carbons (Fsp3) is 0.500. The van der Waals surface area contributed by atoms with Gasteiger partial charge < -0.3 is 4.90 Å². The first-order valence-electron chi connectivity index (χ1n) is 8.91. The molecule has 0 unspecified atom stereocenters. The lowest BCUT2D eigenvalue weighted by molar-refractivity contribution is 0.0392. The zero-order chi connectivity index (χ0) is 15.8. The monoisotopic (exact) mass is 308 g/mol. The second kappa shape index (κ2) is 5.95. The molecule has 2 aliphatic rings. The van der Waals surface area contributed by atoms with Gasteiger partial charge >= 0.3 is 0 Å². The fourth-order valence-corrected chi connectivity index (χ4v) is 4.52. The van der Waals surface area contributed by atoms with E-state index < -0.39 is 0 Å². The highest BCUT2D eigenvalue weighted by molar-refractivity contribution is 6.06. The molecular formula is C20H24N2O. The minimum atomic E-state index is 0.211. The highest BCUT2D eigenvalue weighted by Crippen LogP contribution is 2.36. The molecule has 0 spiro atoms. The molecule has 0 bridgehead atoms. The summed E-state index contributed by atoms with van der Waals surface area (Å²) in [7, 11) is 0. The normalized spacial score (nSPS) is 24.5. The summed E-state index contributed by atoms with van der Waals surface area (Å²) >= 11 is 0. The molecule has 2 atom stereocenters. The molecule has 2 heterocycles. The van der Waals surface area contributed by atoms with Gasteiger partial charge in [-0.15, -0.1) is 0 Å². The SMILES string of the molecule is Cc1cc(C(=O)N2CCC[C@@H]3CCCC[C@@H]32)c2ccccc2n1. The molecule has 3 heteroatoms. The van der Waals surface area contributed by atoms with Gasteiger partial charge in [-0.2, -0.15) is 0 Å². The van der Waals surface area contributed by atoms with Gasteiger partial charge in [0.25, 0.3) is 5.91 Å². The molecule has 1 aliphatic heterocycles. The van der Waals surface area contributed by atoms with Crippen LogP contribution in [0.1, 0.15) is 54.6 Å². The van der Waals surface area contributed by atoms with Crippen molar-refractivity contribution in [3.8, 4) is 0 Å². The van der Waals surface area contributed by atoms with E-state index in [4.69, 9.17) is 0 Å². The molecule has 4 rings (SSSR count). The lowest BCUT2D eigenvalue weighted by atomic mass is 9.78. The van der Waals surface area contributed by atoms with Crippen LogP contribution in [0.25, 0.3) is 10.9 Å². The van der Waals surface area contributed by atoms with Crippen LogP contribution in [0.5, 0.6) is 0 Å². The average Bonchev–Trinajstić information content (AvgIpc) is 2.60. The van der Waals surface area contributed by atoms with E-state index >= 15 is 0 Å². The van der Waals surface area contributed by atoms with Crippen molar-refractivity contribution in [2.45, 2.75) is 51.5 Å². The first-order valence-corrected chi connectivity index (χ1v) is 8.91. The molecule has 1 saturated carbocycles. The predicted octanol–water partition coefficient (Wildman–Crippen LogP) is 4.34. The van der Waals surface area contributed by atoms with Crippen LogP contribution in [0, 0.1) is 12.8 Å². The lowest BCUT2D eigenvalue weighted by Gasteiger charge is -2.44. The van der Waals surface area contributed by atoms with E-state index in [0.717, 1.165) is 41.0 Å². The molecule has 23 heavy (non-hydrogen) atoms. The molecular weight excluding hydrogens is 284 g/mol. The summed E-state index contributed by atoms with van der Waals surface area (Å²) in [6.07, 6.45) is 7.52. The van der Waals surface area contributed by atoms with Gasteiger partial charge in [-0.1, -0.05) is 31.0 Å². The fourth-order valence-electron chi connectivity index (χ4n) is 4.52. The van der Waals surface area contributed by atoms with E-state index in [2.05, 4.69) is 9.88 Å². The number of pyridine rings is 1. The third kappa shape index (κ3) is 2.62. The van der Waals surface area contributed by atoms with Crippen LogP contribution < -0.4 is 0 Å². The number of rotatable bonds is 1. The van der Waals surface area contributed by atoms with Crippen LogP contribution in [-0.4, -0.2) is 28.4 Å². The number of carbonyl (C=O) groups excluding carboxylic acids is 1. The number of aromatic nitrogens is 1. The smallest absolute Gasteiger partial charge is 0.254 e. The third-order valence-corrected chi connectivity index (χ3v) is 5.58. The zero-order valence-electron chi connectivity index (χ0n) is 13.8. The van der Waals surface area contributed by atoms with Crippen molar-refractivity contribution in [3.05, 3.63) is 41.6 Å². The van der Waals surface area contributed by atoms with Crippen LogP contribution in [0.3, 0.4) is 0 Å². The number of likely N-dealkylation sites (tertiary alicyclic amines) is 1. The Kier molecular flexibility index (Phi) is 3.80. The second-order valence-electron chi connectivity index (χ2n) is 7.08. The molecule has 1 amide bonds. The summed E-state index contributed by atoms with van der Waals surface area (Å²) in [4.78, 5) is 20.1. The van der Waals surface area contributed by atoms with Crippen LogP contribution in [0.4, 0.5) is 0 Å². The van der Waals surface area contributed by atoms with Crippen molar-refractivity contribution in [3.63, 3.8) is 0 Å². The van der Waals surface area contributed by atoms with E-state index in [9.17, 15) is 4.79 Å². The molecule has 1 saturated heterocycles. The number of para-hydroxylation sites is 1. The molecule has 3 nitrogen and oxygen atoms in total. The highest BCUT2D eigenvalue weighted by atomic mass is 16.2. The number of aryl methyl sites for hydroxylation is 1. The summed E-state index contributed by atoms with van der Waals surface area (Å²) in [6.45, 7) is 2.89. The number of benzene rings is 1. The Labute approximate surface area is 137 Å². The number of piperidine rings is 1. The molecule has 1 aliphatic carbocycles. The van der Waals surface area contributed by atoms with Crippen LogP contribution in [-0.2, 0) is 0 Å². The lowest BCUT2D eigenvalue weighted by Crippen LogP contribution is -2.49. The van der Waals surface area contributed by atoms with Crippen molar-refractivity contribution in [1.29, 1.82) is 0 Å². The number of carbonyl (C=O) groups is 1. The van der Waals surface area contributed by atoms with Crippen molar-refractivity contribution in [1.82, 2.24) is 9.88 Å². The first kappa shape index (κ1) is 14.7. The molecule has 1 aromatic carbocycles. The summed E-state index contributed by atoms with van der Waals surface area (Å²) < 4.78 is 0. The van der Waals surface area contributed by atoms with Crippen molar-refractivity contribution in [2.24, 2.45) is 5.92 Å². The van der Waals surface area contributed by atoms with Gasteiger partial charge in [-0.25, -0.2) is 0 Å². The number of hydrogen-bond acceptors (Lipinski definition) is 2. The van der Waals surface area contributed by atoms with Gasteiger partial charge in [0.2, 0.25) is 0 Å². The number of nitrogens with zero attached hydrogens (tertiary/aromatic N) is 2. The maximum Gasteiger partial charge on any atom is 0.254 e. The predicted molar refractivity (Wildman–Crippen MR) is 92.5 cm³/mol. The minimum absolute atomic E-state index is 0.211. The zero-order valence-corrected chi connectivity index (χ0v) is 13.8. The standard InChI is InChI=1S/C20H24N2O/c1-14-13-17(16-9-3-4-10-18(16)21-14)20(23)22-12-6-8-15-7-2-5-11-19(15)22/h3-4,9-10,13,15,19H,2,5-8,11-12H2,1H3/t15-,19-/m0/s1. The Morgan fingerprint density at radius 1 is 1.13 bits per heavy atom. The van der Waals surface area contributed by atoms with Gasteiger partial charge in [0, 0.05) is 23.7 Å². The topological polar surface area (TPSA) is 33.2 Å². The highest BCUT2D eigenvalue weighted by Gasteiger charge is 2.36. The number of fused-ring (bicyclic) bond motifs is 2. The molecule has 120 valence electrons. The quantitative estimate of drug-likeness (QED) is 0.785. The molecule has 2 aromatic rings. The van der Waals surface area contributed by atoms with E-state index in [1.165, 1.54) is 32.1 Å². The molecule has 0 radical (unpaired) electrons. The number of hydrogen-bond donors (Lipinski definition) is 0. The maximum absolute atomic E-state index is 13.3. The Morgan fingerprint density at radius 3 is 2.83 bits per heavy atom. The second-order valence-corrected chi connectivity index (χ2v) is 7.08. The van der Waals surface area contributed by atoms with E-state index in [-0.39, 0.29) is 5.91 Å². The van der Waals surface area contributed by atoms with E-state index in [0.29, 0.717) is 6.04 Å². The summed E-state index contributed by atoms with van der Waals surface area (Å²) in [5.74, 6) is 0.930. The summed E-state index contributed by atoms with van der Waals surface area (Å²) in [5.41, 5.74) is 2.68. The van der Waals surface area contributed by atoms with E-state index in [1.54, 1.807) is 0 Å². The Balaban J connectivity index is 1.74. The van der Waals surface area contributed by atoms with Gasteiger partial charge in [0.1, 0.15) is 0 Å². The van der Waals surface area contributed by atoms with Gasteiger partial charge in [0.15, 0.2) is 0 Å². The Hall–Kier alpha value is -1.90. The Morgan fingerprint density at radius 2 is 1.91 bits per heavy atom. The molecule has 2 fully saturated rings. The van der Waals surface area contributed by atoms with E-state index in [1.807, 2.05) is 37.3 Å². The first-order chi connectivity index (χ1) is 11.2. The van der Waals surface area contributed by atoms with Gasteiger partial charge in [-0.05, 0) is 50.7 Å². The van der Waals surface area contributed by atoms with Crippen molar-refractivity contribution < 1.29 is 4.79 Å². The third-order valence-electron chi connectivity index (χ3n) is 5.58. The van der Waals surface area contributed by atoms with Crippen LogP contribution >= 0.6 is 0 Å². The van der Waals surface area contributed by atoms with Gasteiger partial charge in [0.05, 0.1) is 11.1 Å². The largest absolute Gasteiger partial charge is 0.335 e. The number of amides is 1. The van der Waals surface area contributed by atoms with Crippen LogP contribution in [0.2, 0.25) is 0 Å².